The zero-order valence-electron chi connectivity index (χ0n) is 10.9. The van der Waals surface area contributed by atoms with Gasteiger partial charge in [-0.15, -0.1) is 0 Å². The van der Waals surface area contributed by atoms with E-state index in [9.17, 15) is 10.1 Å². The summed E-state index contributed by atoms with van der Waals surface area (Å²) in [6.45, 7) is 6.02. The number of hydrogen-bond donors (Lipinski definition) is 1. The molecule has 0 heterocycles. The molecule has 0 unspecified atom stereocenters. The van der Waals surface area contributed by atoms with Crippen LogP contribution in [0.5, 0.6) is 0 Å². The monoisotopic (exact) mass is 252 g/mol. The van der Waals surface area contributed by atoms with Gasteiger partial charge in [-0.1, -0.05) is 13.8 Å². The molecule has 0 aliphatic heterocycles. The molecule has 0 atom stereocenters. The van der Waals surface area contributed by atoms with Crippen molar-refractivity contribution in [2.24, 2.45) is 0 Å². The van der Waals surface area contributed by atoms with Crippen LogP contribution in [0.1, 0.15) is 32.3 Å². The van der Waals surface area contributed by atoms with Gasteiger partial charge in [-0.25, -0.2) is 0 Å². The lowest BCUT2D eigenvalue weighted by atomic mass is 10.1. The molecule has 0 aliphatic carbocycles. The van der Waals surface area contributed by atoms with Gasteiger partial charge in [0.2, 0.25) is 0 Å². The molecule has 0 fully saturated rings. The summed E-state index contributed by atoms with van der Waals surface area (Å²) >= 11 is 0. The smallest absolute Gasteiger partial charge is 0.269 e. The minimum Gasteiger partial charge on any atom is -0.385 e. The molecule has 0 bridgehead atoms. The molecule has 0 aromatic heterocycles. The first kappa shape index (κ1) is 14.4. The van der Waals surface area contributed by atoms with Crippen molar-refractivity contribution in [1.29, 1.82) is 0 Å². The largest absolute Gasteiger partial charge is 0.385 e. The first-order chi connectivity index (χ1) is 8.69. The maximum atomic E-state index is 10.8. The summed E-state index contributed by atoms with van der Waals surface area (Å²) in [7, 11) is 0. The minimum atomic E-state index is -0.382. The standard InChI is InChI=1S/C13H20N2O3/c1-3-7-14-13-6-5-12(15(16)17)9-11(13)10-18-8-4-2/h5-6,9,14H,3-4,7-8,10H2,1-2H3. The van der Waals surface area contributed by atoms with Crippen LogP contribution in [-0.2, 0) is 11.3 Å². The summed E-state index contributed by atoms with van der Waals surface area (Å²) in [5, 5.41) is 14.0. The third-order valence-corrected chi connectivity index (χ3v) is 2.47. The molecule has 1 aromatic carbocycles. The maximum absolute atomic E-state index is 10.8. The first-order valence-electron chi connectivity index (χ1n) is 6.28. The van der Waals surface area contributed by atoms with E-state index in [4.69, 9.17) is 4.74 Å². The van der Waals surface area contributed by atoms with Crippen LogP contribution >= 0.6 is 0 Å². The Balaban J connectivity index is 2.83. The molecule has 0 aliphatic rings. The second kappa shape index (κ2) is 7.66. The van der Waals surface area contributed by atoms with Gasteiger partial charge in [0.25, 0.3) is 5.69 Å². The Labute approximate surface area is 107 Å². The number of nitro benzene ring substituents is 1. The van der Waals surface area contributed by atoms with Crippen LogP contribution in [0, 0.1) is 10.1 Å². The molecule has 1 N–H and O–H groups in total. The Hall–Kier alpha value is -1.62. The Bertz CT molecular complexity index is 394. The topological polar surface area (TPSA) is 64.4 Å². The van der Waals surface area contributed by atoms with Crippen molar-refractivity contribution < 1.29 is 9.66 Å². The number of nitro groups is 1. The minimum absolute atomic E-state index is 0.104. The number of non-ortho nitro benzene ring substituents is 1. The number of benzene rings is 1. The van der Waals surface area contributed by atoms with Crippen LogP contribution in [-0.4, -0.2) is 18.1 Å². The third-order valence-electron chi connectivity index (χ3n) is 2.47. The molecule has 5 nitrogen and oxygen atoms in total. The van der Waals surface area contributed by atoms with Gasteiger partial charge < -0.3 is 10.1 Å². The highest BCUT2D eigenvalue weighted by molar-refractivity contribution is 5.55. The lowest BCUT2D eigenvalue weighted by molar-refractivity contribution is -0.384. The van der Waals surface area contributed by atoms with Gasteiger partial charge in [-0.2, -0.15) is 0 Å². The number of nitrogens with zero attached hydrogens (tertiary/aromatic N) is 1. The summed E-state index contributed by atoms with van der Waals surface area (Å²) in [6.07, 6.45) is 1.94. The molecule has 0 spiro atoms. The Morgan fingerprint density at radius 1 is 1.33 bits per heavy atom. The predicted molar refractivity (Wildman–Crippen MR) is 71.8 cm³/mol. The molecule has 0 radical (unpaired) electrons. The van der Waals surface area contributed by atoms with E-state index in [0.717, 1.165) is 30.6 Å². The first-order valence-corrected chi connectivity index (χ1v) is 6.28. The fourth-order valence-electron chi connectivity index (χ4n) is 1.57. The molecular formula is C13H20N2O3. The third kappa shape index (κ3) is 4.33. The number of nitrogens with one attached hydrogen (secondary N) is 1. The Morgan fingerprint density at radius 3 is 2.72 bits per heavy atom. The van der Waals surface area contributed by atoms with E-state index >= 15 is 0 Å². The predicted octanol–water partition coefficient (Wildman–Crippen LogP) is 3.34. The van der Waals surface area contributed by atoms with Crippen LogP contribution in [0.2, 0.25) is 0 Å². The average molecular weight is 252 g/mol. The van der Waals surface area contributed by atoms with Crippen molar-refractivity contribution in [2.75, 3.05) is 18.5 Å². The highest BCUT2D eigenvalue weighted by Crippen LogP contribution is 2.23. The summed E-state index contributed by atoms with van der Waals surface area (Å²) in [5.74, 6) is 0. The molecular weight excluding hydrogens is 232 g/mol. The molecule has 1 aromatic rings. The molecule has 0 saturated carbocycles. The van der Waals surface area contributed by atoms with Crippen molar-refractivity contribution in [1.82, 2.24) is 0 Å². The van der Waals surface area contributed by atoms with Gasteiger partial charge in [0.1, 0.15) is 0 Å². The molecule has 0 saturated heterocycles. The normalized spacial score (nSPS) is 10.3. The zero-order valence-corrected chi connectivity index (χ0v) is 10.9. The van der Waals surface area contributed by atoms with E-state index in [1.54, 1.807) is 12.1 Å². The van der Waals surface area contributed by atoms with Gasteiger partial charge in [0.05, 0.1) is 11.5 Å². The van der Waals surface area contributed by atoms with Crippen molar-refractivity contribution in [3.8, 4) is 0 Å². The fourth-order valence-corrected chi connectivity index (χ4v) is 1.57. The average Bonchev–Trinajstić information content (AvgIpc) is 2.37. The Kier molecular flexibility index (Phi) is 6.14. The number of ether oxygens (including phenoxy) is 1. The van der Waals surface area contributed by atoms with Crippen LogP contribution in [0.15, 0.2) is 18.2 Å². The summed E-state index contributed by atoms with van der Waals surface area (Å²) < 4.78 is 5.46. The number of anilines is 1. The van der Waals surface area contributed by atoms with E-state index in [0.29, 0.717) is 13.2 Å². The zero-order chi connectivity index (χ0) is 13.4. The summed E-state index contributed by atoms with van der Waals surface area (Å²) in [6, 6.07) is 4.84. The second-order valence-corrected chi connectivity index (χ2v) is 4.08. The van der Waals surface area contributed by atoms with Gasteiger partial charge in [-0.05, 0) is 18.9 Å². The second-order valence-electron chi connectivity index (χ2n) is 4.08. The lowest BCUT2D eigenvalue weighted by Gasteiger charge is -2.11. The van der Waals surface area contributed by atoms with Crippen molar-refractivity contribution in [3.63, 3.8) is 0 Å². The fraction of sp³-hybridized carbons (Fsp3) is 0.538. The van der Waals surface area contributed by atoms with Crippen LogP contribution in [0.3, 0.4) is 0 Å². The summed E-state index contributed by atoms with van der Waals surface area (Å²) in [5.41, 5.74) is 1.86. The van der Waals surface area contributed by atoms with Gasteiger partial charge >= 0.3 is 0 Å². The molecule has 100 valence electrons. The quantitative estimate of drug-likeness (QED) is 0.438. The summed E-state index contributed by atoms with van der Waals surface area (Å²) in [4.78, 5) is 10.4. The van der Waals surface area contributed by atoms with Gasteiger partial charge in [-0.3, -0.25) is 10.1 Å². The van der Waals surface area contributed by atoms with E-state index in [1.165, 1.54) is 6.07 Å². The molecule has 5 heteroatoms. The van der Waals surface area contributed by atoms with E-state index in [-0.39, 0.29) is 10.6 Å². The van der Waals surface area contributed by atoms with Crippen LogP contribution < -0.4 is 5.32 Å². The van der Waals surface area contributed by atoms with Gasteiger partial charge in [0, 0.05) is 36.5 Å². The van der Waals surface area contributed by atoms with E-state index in [2.05, 4.69) is 12.2 Å². The number of rotatable bonds is 8. The van der Waals surface area contributed by atoms with Crippen LogP contribution in [0.25, 0.3) is 0 Å². The highest BCUT2D eigenvalue weighted by Gasteiger charge is 2.10. The van der Waals surface area contributed by atoms with Crippen LogP contribution in [0.4, 0.5) is 11.4 Å². The Morgan fingerprint density at radius 2 is 2.11 bits per heavy atom. The molecule has 18 heavy (non-hydrogen) atoms. The molecule has 0 amide bonds. The van der Waals surface area contributed by atoms with E-state index < -0.39 is 0 Å². The van der Waals surface area contributed by atoms with Crippen molar-refractivity contribution in [2.45, 2.75) is 33.3 Å². The molecule has 1 rings (SSSR count). The van der Waals surface area contributed by atoms with Crippen molar-refractivity contribution >= 4 is 11.4 Å². The lowest BCUT2D eigenvalue weighted by Crippen LogP contribution is -2.05. The maximum Gasteiger partial charge on any atom is 0.269 e. The number of hydrogen-bond acceptors (Lipinski definition) is 4. The van der Waals surface area contributed by atoms with Gasteiger partial charge in [0.15, 0.2) is 0 Å². The van der Waals surface area contributed by atoms with Crippen molar-refractivity contribution in [3.05, 3.63) is 33.9 Å². The van der Waals surface area contributed by atoms with E-state index in [1.807, 2.05) is 6.92 Å². The SMILES string of the molecule is CCCNc1ccc([N+](=O)[O-])cc1COCCC. The highest BCUT2D eigenvalue weighted by atomic mass is 16.6.